The molecule has 0 fully saturated rings. The summed E-state index contributed by atoms with van der Waals surface area (Å²) in [4.78, 5) is 15.4. The van der Waals surface area contributed by atoms with E-state index in [1.54, 1.807) is 12.0 Å². The third-order valence-corrected chi connectivity index (χ3v) is 3.29. The van der Waals surface area contributed by atoms with Crippen molar-refractivity contribution in [1.82, 2.24) is 4.90 Å². The Bertz CT molecular complexity index is 362. The highest BCUT2D eigenvalue weighted by atomic mass is 32.1. The van der Waals surface area contributed by atoms with Crippen molar-refractivity contribution in [3.63, 3.8) is 0 Å². The van der Waals surface area contributed by atoms with Gasteiger partial charge in [-0.25, -0.2) is 0 Å². The Hall–Kier alpha value is -1.07. The van der Waals surface area contributed by atoms with Crippen molar-refractivity contribution in [3.05, 3.63) is 15.8 Å². The highest BCUT2D eigenvalue weighted by Crippen LogP contribution is 2.29. The molecule has 0 saturated heterocycles. The molecule has 0 bridgehead atoms. The molecule has 1 rings (SSSR count). The second-order valence-corrected chi connectivity index (χ2v) is 4.62. The molecule has 0 radical (unpaired) electrons. The van der Waals surface area contributed by atoms with Gasteiger partial charge in [-0.2, -0.15) is 0 Å². The summed E-state index contributed by atoms with van der Waals surface area (Å²) in [6.07, 6.45) is 0. The number of amides is 1. The van der Waals surface area contributed by atoms with E-state index in [0.717, 1.165) is 4.88 Å². The molecule has 0 aromatic carbocycles. The van der Waals surface area contributed by atoms with Crippen LogP contribution >= 0.6 is 11.3 Å². The van der Waals surface area contributed by atoms with E-state index in [9.17, 15) is 4.79 Å². The molecule has 0 aliphatic heterocycles. The summed E-state index contributed by atoms with van der Waals surface area (Å²) in [6, 6.07) is 1.85. The molecule has 1 aromatic rings. The maximum Gasteiger partial charge on any atom is 0.267 e. The van der Waals surface area contributed by atoms with Crippen molar-refractivity contribution in [2.75, 3.05) is 26.8 Å². The number of ether oxygens (including phenoxy) is 1. The summed E-state index contributed by atoms with van der Waals surface area (Å²) >= 11 is 1.42. The van der Waals surface area contributed by atoms with Gasteiger partial charge in [0, 0.05) is 18.0 Å². The Morgan fingerprint density at radius 2 is 2.31 bits per heavy atom. The van der Waals surface area contributed by atoms with Crippen LogP contribution in [0.4, 0.5) is 0 Å². The standard InChI is InChI=1S/C11H17NO3S/c1-4-12(5-6-13)11(14)10-9(15-3)7-8(2)16-10/h7,13H,4-6H2,1-3H3. The normalized spacial score (nSPS) is 10.2. The molecule has 90 valence electrons. The van der Waals surface area contributed by atoms with Crippen molar-refractivity contribution < 1.29 is 14.6 Å². The van der Waals surface area contributed by atoms with Gasteiger partial charge in [-0.05, 0) is 19.9 Å². The number of aliphatic hydroxyl groups is 1. The summed E-state index contributed by atoms with van der Waals surface area (Å²) in [5.74, 6) is 0.537. The fourth-order valence-electron chi connectivity index (χ4n) is 1.46. The van der Waals surface area contributed by atoms with Gasteiger partial charge in [-0.15, -0.1) is 11.3 Å². The maximum absolute atomic E-state index is 12.1. The van der Waals surface area contributed by atoms with Crippen LogP contribution in [0.3, 0.4) is 0 Å². The molecular weight excluding hydrogens is 226 g/mol. The first kappa shape index (κ1) is 13.0. The Balaban J connectivity index is 2.93. The minimum absolute atomic E-state index is 0.0216. The molecule has 0 saturated carbocycles. The zero-order chi connectivity index (χ0) is 12.1. The van der Waals surface area contributed by atoms with Crippen LogP contribution in [0.25, 0.3) is 0 Å². The molecule has 0 unspecified atom stereocenters. The third kappa shape index (κ3) is 2.74. The molecule has 0 aliphatic rings. The van der Waals surface area contributed by atoms with Gasteiger partial charge in [0.1, 0.15) is 10.6 Å². The second kappa shape index (κ2) is 5.86. The first-order chi connectivity index (χ1) is 7.63. The molecule has 4 nitrogen and oxygen atoms in total. The Morgan fingerprint density at radius 1 is 1.62 bits per heavy atom. The van der Waals surface area contributed by atoms with Gasteiger partial charge in [0.2, 0.25) is 0 Å². The molecule has 0 atom stereocenters. The highest BCUT2D eigenvalue weighted by Gasteiger charge is 2.20. The van der Waals surface area contributed by atoms with Crippen molar-refractivity contribution in [2.24, 2.45) is 0 Å². The van der Waals surface area contributed by atoms with E-state index in [1.165, 1.54) is 11.3 Å². The van der Waals surface area contributed by atoms with Crippen LogP contribution in [0.5, 0.6) is 5.75 Å². The molecular formula is C11H17NO3S. The van der Waals surface area contributed by atoms with Crippen molar-refractivity contribution in [2.45, 2.75) is 13.8 Å². The highest BCUT2D eigenvalue weighted by molar-refractivity contribution is 7.14. The number of aryl methyl sites for hydroxylation is 1. The first-order valence-corrected chi connectivity index (χ1v) is 6.00. The lowest BCUT2D eigenvalue weighted by atomic mass is 10.3. The molecule has 0 aliphatic carbocycles. The van der Waals surface area contributed by atoms with Gasteiger partial charge in [0.25, 0.3) is 5.91 Å². The lowest BCUT2D eigenvalue weighted by Gasteiger charge is -2.19. The minimum atomic E-state index is -0.0773. The van der Waals surface area contributed by atoms with Crippen LogP contribution in [0.1, 0.15) is 21.5 Å². The fourth-order valence-corrected chi connectivity index (χ4v) is 2.41. The van der Waals surface area contributed by atoms with Gasteiger partial charge >= 0.3 is 0 Å². The van der Waals surface area contributed by atoms with Gasteiger partial charge < -0.3 is 14.7 Å². The van der Waals surface area contributed by atoms with Crippen LogP contribution in [0.2, 0.25) is 0 Å². The molecule has 1 amide bonds. The van der Waals surface area contributed by atoms with E-state index >= 15 is 0 Å². The zero-order valence-electron chi connectivity index (χ0n) is 9.82. The van der Waals surface area contributed by atoms with Crippen LogP contribution in [-0.2, 0) is 0 Å². The molecule has 1 N–H and O–H groups in total. The number of nitrogens with zero attached hydrogens (tertiary/aromatic N) is 1. The van der Waals surface area contributed by atoms with E-state index in [1.807, 2.05) is 19.9 Å². The number of methoxy groups -OCH3 is 1. The summed E-state index contributed by atoms with van der Waals surface area (Å²) in [7, 11) is 1.56. The quantitative estimate of drug-likeness (QED) is 0.853. The summed E-state index contributed by atoms with van der Waals surface area (Å²) < 4.78 is 5.16. The number of aliphatic hydroxyl groups excluding tert-OH is 1. The predicted octanol–water partition coefficient (Wildman–Crippen LogP) is 1.52. The average molecular weight is 243 g/mol. The number of carbonyl (C=O) groups is 1. The van der Waals surface area contributed by atoms with Crippen LogP contribution in [0, 0.1) is 6.92 Å². The third-order valence-electron chi connectivity index (χ3n) is 2.27. The van der Waals surface area contributed by atoms with Crippen molar-refractivity contribution in [3.8, 4) is 5.75 Å². The molecule has 1 heterocycles. The number of hydrogen-bond donors (Lipinski definition) is 1. The first-order valence-electron chi connectivity index (χ1n) is 5.18. The van der Waals surface area contributed by atoms with Crippen LogP contribution < -0.4 is 4.74 Å². The maximum atomic E-state index is 12.1. The van der Waals surface area contributed by atoms with Gasteiger partial charge in [0.05, 0.1) is 13.7 Å². The SMILES string of the molecule is CCN(CCO)C(=O)c1sc(C)cc1OC. The van der Waals surface area contributed by atoms with Crippen LogP contribution in [0.15, 0.2) is 6.07 Å². The van der Waals surface area contributed by atoms with Crippen molar-refractivity contribution >= 4 is 17.2 Å². The van der Waals surface area contributed by atoms with Gasteiger partial charge in [-0.3, -0.25) is 4.79 Å². The van der Waals surface area contributed by atoms with E-state index in [0.29, 0.717) is 23.7 Å². The van der Waals surface area contributed by atoms with E-state index in [-0.39, 0.29) is 12.5 Å². The van der Waals surface area contributed by atoms with Crippen LogP contribution in [-0.4, -0.2) is 42.7 Å². The van der Waals surface area contributed by atoms with Gasteiger partial charge in [-0.1, -0.05) is 0 Å². The number of likely N-dealkylation sites (N-methyl/N-ethyl adjacent to an activating group) is 1. The number of thiophene rings is 1. The monoisotopic (exact) mass is 243 g/mol. The Labute approximate surface area is 99.5 Å². The molecule has 16 heavy (non-hydrogen) atoms. The van der Waals surface area contributed by atoms with E-state index < -0.39 is 0 Å². The molecule has 1 aromatic heterocycles. The zero-order valence-corrected chi connectivity index (χ0v) is 10.6. The number of hydrogen-bond acceptors (Lipinski definition) is 4. The summed E-state index contributed by atoms with van der Waals surface area (Å²) in [5.41, 5.74) is 0. The summed E-state index contributed by atoms with van der Waals surface area (Å²) in [6.45, 7) is 4.74. The number of carbonyl (C=O) groups excluding carboxylic acids is 1. The molecule has 0 spiro atoms. The van der Waals surface area contributed by atoms with Gasteiger partial charge in [0.15, 0.2) is 0 Å². The largest absolute Gasteiger partial charge is 0.495 e. The number of rotatable bonds is 5. The van der Waals surface area contributed by atoms with E-state index in [4.69, 9.17) is 9.84 Å². The fraction of sp³-hybridized carbons (Fsp3) is 0.545. The average Bonchev–Trinajstić information content (AvgIpc) is 2.66. The topological polar surface area (TPSA) is 49.8 Å². The lowest BCUT2D eigenvalue weighted by Crippen LogP contribution is -2.33. The lowest BCUT2D eigenvalue weighted by molar-refractivity contribution is 0.0734. The Morgan fingerprint density at radius 3 is 2.81 bits per heavy atom. The van der Waals surface area contributed by atoms with E-state index in [2.05, 4.69) is 0 Å². The predicted molar refractivity (Wildman–Crippen MR) is 64.3 cm³/mol. The summed E-state index contributed by atoms with van der Waals surface area (Å²) in [5, 5.41) is 8.87. The Kier molecular flexibility index (Phi) is 4.76. The second-order valence-electron chi connectivity index (χ2n) is 3.36. The minimum Gasteiger partial charge on any atom is -0.495 e. The molecule has 5 heteroatoms. The smallest absolute Gasteiger partial charge is 0.267 e. The van der Waals surface area contributed by atoms with Crippen molar-refractivity contribution in [1.29, 1.82) is 0 Å².